The zero-order valence-electron chi connectivity index (χ0n) is 15.0. The topological polar surface area (TPSA) is 82.6 Å². The van der Waals surface area contributed by atoms with E-state index >= 15 is 0 Å². The van der Waals surface area contributed by atoms with Crippen LogP contribution >= 0.6 is 0 Å². The number of aromatic nitrogens is 1. The summed E-state index contributed by atoms with van der Waals surface area (Å²) in [6.45, 7) is 2.06. The van der Waals surface area contributed by atoms with Crippen LogP contribution in [0, 0.1) is 0 Å². The third-order valence-electron chi connectivity index (χ3n) is 5.05. The molecule has 3 heterocycles. The Hall–Kier alpha value is -2.45. The summed E-state index contributed by atoms with van der Waals surface area (Å²) in [6, 6.07) is 10.7. The van der Waals surface area contributed by atoms with E-state index in [2.05, 4.69) is 15.2 Å². The van der Waals surface area contributed by atoms with Crippen molar-refractivity contribution >= 4 is 27.4 Å². The molecule has 1 aromatic heterocycles. The van der Waals surface area contributed by atoms with Crippen molar-refractivity contribution in [3.8, 4) is 0 Å². The molecule has 2 aromatic rings. The molecule has 0 radical (unpaired) electrons. The molecule has 7 nitrogen and oxygen atoms in total. The van der Waals surface area contributed by atoms with Crippen LogP contribution in [-0.2, 0) is 21.2 Å². The summed E-state index contributed by atoms with van der Waals surface area (Å²) in [5.41, 5.74) is 1.60. The van der Waals surface area contributed by atoms with Crippen molar-refractivity contribution in [1.82, 2.24) is 9.29 Å². The van der Waals surface area contributed by atoms with Crippen molar-refractivity contribution in [2.45, 2.75) is 24.2 Å². The molecule has 2 aliphatic rings. The molecule has 27 heavy (non-hydrogen) atoms. The van der Waals surface area contributed by atoms with Crippen molar-refractivity contribution in [2.24, 2.45) is 0 Å². The number of hydrogen-bond acceptors (Lipinski definition) is 5. The van der Waals surface area contributed by atoms with Gasteiger partial charge in [0.15, 0.2) is 0 Å². The fraction of sp³-hybridized carbons (Fsp3) is 0.368. The second-order valence-electron chi connectivity index (χ2n) is 6.80. The molecule has 2 aliphatic heterocycles. The minimum atomic E-state index is -3.55. The van der Waals surface area contributed by atoms with E-state index in [1.165, 1.54) is 4.31 Å². The van der Waals surface area contributed by atoms with Gasteiger partial charge in [-0.15, -0.1) is 0 Å². The van der Waals surface area contributed by atoms with Gasteiger partial charge in [-0.1, -0.05) is 6.07 Å². The molecular weight excluding hydrogens is 364 g/mol. The summed E-state index contributed by atoms with van der Waals surface area (Å²) in [7, 11) is -3.55. The smallest absolute Gasteiger partial charge is 0.243 e. The maximum atomic E-state index is 13.1. The fourth-order valence-electron chi connectivity index (χ4n) is 3.56. The summed E-state index contributed by atoms with van der Waals surface area (Å²) in [5, 5.41) is 2.84. The molecule has 1 N–H and O–H groups in total. The van der Waals surface area contributed by atoms with Gasteiger partial charge in [-0.05, 0) is 48.7 Å². The van der Waals surface area contributed by atoms with Crippen LogP contribution in [-0.4, -0.2) is 49.8 Å². The number of pyridine rings is 1. The summed E-state index contributed by atoms with van der Waals surface area (Å²) in [6.07, 6.45) is 3.63. The molecule has 8 heteroatoms. The number of carbonyl (C=O) groups excluding carboxylic acids is 1. The highest BCUT2D eigenvalue weighted by Gasteiger charge is 2.29. The maximum Gasteiger partial charge on any atom is 0.243 e. The van der Waals surface area contributed by atoms with Gasteiger partial charge >= 0.3 is 0 Å². The van der Waals surface area contributed by atoms with Gasteiger partial charge in [-0.25, -0.2) is 13.4 Å². The Balaban J connectivity index is 1.51. The number of nitrogens with one attached hydrogen (secondary N) is 1. The summed E-state index contributed by atoms with van der Waals surface area (Å²) >= 11 is 0. The number of hydrogen-bond donors (Lipinski definition) is 1. The molecule has 4 rings (SSSR count). The van der Waals surface area contributed by atoms with E-state index in [-0.39, 0.29) is 5.91 Å². The Morgan fingerprint density at radius 2 is 1.81 bits per heavy atom. The molecule has 0 atom stereocenters. The molecule has 1 saturated heterocycles. The van der Waals surface area contributed by atoms with Gasteiger partial charge < -0.3 is 10.2 Å². The Morgan fingerprint density at radius 3 is 2.56 bits per heavy atom. The van der Waals surface area contributed by atoms with Crippen LogP contribution in [0.15, 0.2) is 47.5 Å². The molecule has 1 fully saturated rings. The highest BCUT2D eigenvalue weighted by molar-refractivity contribution is 7.89. The molecule has 0 saturated carbocycles. The lowest BCUT2D eigenvalue weighted by atomic mass is 10.1. The lowest BCUT2D eigenvalue weighted by molar-refractivity contribution is -0.116. The van der Waals surface area contributed by atoms with Crippen molar-refractivity contribution < 1.29 is 13.2 Å². The number of fused-ring (bicyclic) bond motifs is 1. The first kappa shape index (κ1) is 17.9. The Bertz CT molecular complexity index is 939. The van der Waals surface area contributed by atoms with Crippen molar-refractivity contribution in [1.29, 1.82) is 0 Å². The van der Waals surface area contributed by atoms with Crippen LogP contribution in [0.1, 0.15) is 18.4 Å². The third kappa shape index (κ3) is 3.68. The van der Waals surface area contributed by atoms with E-state index in [1.807, 2.05) is 18.2 Å². The monoisotopic (exact) mass is 386 g/mol. The quantitative estimate of drug-likeness (QED) is 0.871. The zero-order chi connectivity index (χ0) is 18.9. The van der Waals surface area contributed by atoms with Gasteiger partial charge in [-0.3, -0.25) is 4.79 Å². The normalized spacial score (nSPS) is 18.5. The number of piperazine rings is 1. The van der Waals surface area contributed by atoms with E-state index in [0.717, 1.165) is 23.5 Å². The lowest BCUT2D eigenvalue weighted by Crippen LogP contribution is -2.48. The zero-order valence-corrected chi connectivity index (χ0v) is 15.8. The van der Waals surface area contributed by atoms with E-state index < -0.39 is 10.0 Å². The van der Waals surface area contributed by atoms with Crippen molar-refractivity contribution in [3.63, 3.8) is 0 Å². The summed E-state index contributed by atoms with van der Waals surface area (Å²) in [4.78, 5) is 18.4. The summed E-state index contributed by atoms with van der Waals surface area (Å²) < 4.78 is 27.7. The van der Waals surface area contributed by atoms with Crippen LogP contribution in [0.4, 0.5) is 11.5 Å². The second kappa shape index (κ2) is 7.28. The molecule has 0 aliphatic carbocycles. The number of benzene rings is 1. The van der Waals surface area contributed by atoms with E-state index in [1.54, 1.807) is 24.4 Å². The Morgan fingerprint density at radius 1 is 1.00 bits per heavy atom. The number of carbonyl (C=O) groups is 1. The number of rotatable bonds is 3. The highest BCUT2D eigenvalue weighted by atomic mass is 32.2. The van der Waals surface area contributed by atoms with Crippen LogP contribution in [0.5, 0.6) is 0 Å². The minimum absolute atomic E-state index is 0.0185. The fourth-order valence-corrected chi connectivity index (χ4v) is 5.03. The molecule has 1 aromatic carbocycles. The predicted molar refractivity (Wildman–Crippen MR) is 103 cm³/mol. The van der Waals surface area contributed by atoms with Crippen molar-refractivity contribution in [2.75, 3.05) is 36.4 Å². The number of nitrogens with zero attached hydrogens (tertiary/aromatic N) is 3. The highest BCUT2D eigenvalue weighted by Crippen LogP contribution is 2.27. The van der Waals surface area contributed by atoms with E-state index in [9.17, 15) is 13.2 Å². The van der Waals surface area contributed by atoms with Crippen LogP contribution in [0.2, 0.25) is 0 Å². The lowest BCUT2D eigenvalue weighted by Gasteiger charge is -2.34. The first-order valence-corrected chi connectivity index (χ1v) is 10.6. The molecule has 0 spiro atoms. The van der Waals surface area contributed by atoms with Gasteiger partial charge in [0.1, 0.15) is 5.82 Å². The SMILES string of the molecule is O=C1CCCc2cc(S(=O)(=O)N3CCN(c4ccccn4)CC3)ccc2N1. The Labute approximate surface area is 159 Å². The van der Waals surface area contributed by atoms with Crippen LogP contribution in [0.3, 0.4) is 0 Å². The Kier molecular flexibility index (Phi) is 4.84. The first-order chi connectivity index (χ1) is 13.0. The van der Waals surface area contributed by atoms with Crippen LogP contribution in [0.25, 0.3) is 0 Å². The van der Waals surface area contributed by atoms with Gasteiger partial charge in [0.05, 0.1) is 4.90 Å². The number of sulfonamides is 1. The molecular formula is C19H22N4O3S. The van der Waals surface area contributed by atoms with E-state index in [4.69, 9.17) is 0 Å². The average Bonchev–Trinajstić information content (AvgIpc) is 2.88. The van der Waals surface area contributed by atoms with Gasteiger partial charge in [0, 0.05) is 44.5 Å². The van der Waals surface area contributed by atoms with Crippen LogP contribution < -0.4 is 10.2 Å². The van der Waals surface area contributed by atoms with Gasteiger partial charge in [0.25, 0.3) is 0 Å². The molecule has 1 amide bonds. The first-order valence-electron chi connectivity index (χ1n) is 9.13. The van der Waals surface area contributed by atoms with E-state index in [0.29, 0.717) is 43.9 Å². The minimum Gasteiger partial charge on any atom is -0.354 e. The largest absolute Gasteiger partial charge is 0.354 e. The number of amides is 1. The number of aryl methyl sites for hydroxylation is 1. The standard InChI is InChI=1S/C19H22N4O3S/c24-19-6-3-4-15-14-16(7-8-17(15)21-19)27(25,26)23-12-10-22(11-13-23)18-5-1-2-9-20-18/h1-2,5,7-9,14H,3-4,6,10-13H2,(H,21,24). The second-order valence-corrected chi connectivity index (χ2v) is 8.74. The van der Waals surface area contributed by atoms with Gasteiger partial charge in [0.2, 0.25) is 15.9 Å². The third-order valence-corrected chi connectivity index (χ3v) is 6.95. The maximum absolute atomic E-state index is 13.1. The average molecular weight is 386 g/mol. The van der Waals surface area contributed by atoms with Crippen molar-refractivity contribution in [3.05, 3.63) is 48.2 Å². The van der Waals surface area contributed by atoms with Gasteiger partial charge in [-0.2, -0.15) is 4.31 Å². The molecule has 142 valence electrons. The number of anilines is 2. The molecule has 0 unspecified atom stereocenters. The summed E-state index contributed by atoms with van der Waals surface area (Å²) in [5.74, 6) is 0.852. The predicted octanol–water partition coefficient (Wildman–Crippen LogP) is 1.87. The molecule has 0 bridgehead atoms.